The van der Waals surface area contributed by atoms with Crippen molar-refractivity contribution in [3.63, 3.8) is 0 Å². The third kappa shape index (κ3) is 2.39. The van der Waals surface area contributed by atoms with Gasteiger partial charge < -0.3 is 4.90 Å². The van der Waals surface area contributed by atoms with Gasteiger partial charge in [-0.3, -0.25) is 0 Å². The molecule has 3 rings (SSSR count). The maximum atomic E-state index is 9.42. The van der Waals surface area contributed by atoms with E-state index in [1.807, 2.05) is 12.1 Å². The van der Waals surface area contributed by atoms with E-state index in [1.54, 1.807) is 0 Å². The van der Waals surface area contributed by atoms with E-state index in [0.717, 1.165) is 28.2 Å². The van der Waals surface area contributed by atoms with Crippen LogP contribution < -0.4 is 4.90 Å². The molecule has 0 aromatic heterocycles. The molecule has 1 aliphatic heterocycles. The Hall–Kier alpha value is -1.01. The largest absolute Gasteiger partial charge is 0.367 e. The highest BCUT2D eigenvalue weighted by Crippen LogP contribution is 2.39. The van der Waals surface area contributed by atoms with E-state index in [9.17, 15) is 5.26 Å². The Bertz CT molecular complexity index is 504. The van der Waals surface area contributed by atoms with Crippen LogP contribution in [0.15, 0.2) is 22.7 Å². The predicted octanol–water partition coefficient (Wildman–Crippen LogP) is 4.48. The molecule has 1 aliphatic carbocycles. The smallest absolute Gasteiger partial charge is 0.103 e. The molecule has 1 saturated heterocycles. The van der Waals surface area contributed by atoms with Gasteiger partial charge in [-0.25, -0.2) is 0 Å². The molecule has 1 aromatic carbocycles. The second kappa shape index (κ2) is 5.54. The number of anilines is 1. The normalized spacial score (nSPS) is 26.6. The minimum Gasteiger partial charge on any atom is -0.367 e. The fraction of sp³-hybridized carbons (Fsp3) is 0.562. The first-order valence-electron chi connectivity index (χ1n) is 7.26. The van der Waals surface area contributed by atoms with Crippen LogP contribution in [0.2, 0.25) is 0 Å². The fourth-order valence-corrected chi connectivity index (χ4v) is 4.23. The second-order valence-electron chi connectivity index (χ2n) is 5.69. The van der Waals surface area contributed by atoms with E-state index in [-0.39, 0.29) is 0 Å². The zero-order chi connectivity index (χ0) is 13.2. The SMILES string of the molecule is N#Cc1c(Br)cccc1N1CCC[C@H]2CCCC[C@H]21. The lowest BCUT2D eigenvalue weighted by molar-refractivity contribution is 0.244. The molecule has 0 radical (unpaired) electrons. The summed E-state index contributed by atoms with van der Waals surface area (Å²) in [6.45, 7) is 1.10. The number of halogens is 1. The molecule has 1 saturated carbocycles. The van der Waals surface area contributed by atoms with Gasteiger partial charge in [0.1, 0.15) is 6.07 Å². The molecular weight excluding hydrogens is 300 g/mol. The summed E-state index contributed by atoms with van der Waals surface area (Å²) < 4.78 is 0.922. The molecule has 2 atom stereocenters. The summed E-state index contributed by atoms with van der Waals surface area (Å²) in [7, 11) is 0. The molecule has 1 heterocycles. The Morgan fingerprint density at radius 3 is 2.79 bits per heavy atom. The Balaban J connectivity index is 1.96. The molecule has 0 amide bonds. The van der Waals surface area contributed by atoms with Gasteiger partial charge in [-0.1, -0.05) is 18.9 Å². The van der Waals surface area contributed by atoms with E-state index >= 15 is 0 Å². The van der Waals surface area contributed by atoms with Crippen LogP contribution >= 0.6 is 15.9 Å². The molecule has 3 heteroatoms. The quantitative estimate of drug-likeness (QED) is 0.763. The molecule has 2 fully saturated rings. The van der Waals surface area contributed by atoms with Crippen molar-refractivity contribution in [2.24, 2.45) is 5.92 Å². The molecule has 0 N–H and O–H groups in total. The number of rotatable bonds is 1. The van der Waals surface area contributed by atoms with Crippen molar-refractivity contribution in [1.82, 2.24) is 0 Å². The highest BCUT2D eigenvalue weighted by atomic mass is 79.9. The van der Waals surface area contributed by atoms with Crippen molar-refractivity contribution in [1.29, 1.82) is 5.26 Å². The first kappa shape index (κ1) is 13.0. The Kier molecular flexibility index (Phi) is 3.79. The van der Waals surface area contributed by atoms with Crippen LogP contribution in [0, 0.1) is 17.2 Å². The lowest BCUT2D eigenvalue weighted by Crippen LogP contribution is -2.47. The number of nitrogens with zero attached hydrogens (tertiary/aromatic N) is 2. The minimum absolute atomic E-state index is 0.656. The van der Waals surface area contributed by atoms with E-state index in [2.05, 4.69) is 33.0 Å². The zero-order valence-electron chi connectivity index (χ0n) is 11.1. The monoisotopic (exact) mass is 318 g/mol. The number of nitriles is 1. The Morgan fingerprint density at radius 2 is 1.95 bits per heavy atom. The van der Waals surface area contributed by atoms with Crippen molar-refractivity contribution >= 4 is 21.6 Å². The third-order valence-corrected chi connectivity index (χ3v) is 5.32. The van der Waals surface area contributed by atoms with E-state index < -0.39 is 0 Å². The van der Waals surface area contributed by atoms with Crippen molar-refractivity contribution < 1.29 is 0 Å². The third-order valence-electron chi connectivity index (χ3n) is 4.66. The zero-order valence-corrected chi connectivity index (χ0v) is 12.7. The maximum Gasteiger partial charge on any atom is 0.103 e. The van der Waals surface area contributed by atoms with Crippen LogP contribution in [0.3, 0.4) is 0 Å². The van der Waals surface area contributed by atoms with Crippen LogP contribution in [-0.2, 0) is 0 Å². The summed E-state index contributed by atoms with van der Waals surface area (Å²) in [5.41, 5.74) is 1.93. The van der Waals surface area contributed by atoms with Gasteiger partial charge in [0.25, 0.3) is 0 Å². The summed E-state index contributed by atoms with van der Waals surface area (Å²) in [6, 6.07) is 9.15. The highest BCUT2D eigenvalue weighted by molar-refractivity contribution is 9.10. The molecule has 2 aliphatic rings. The summed E-state index contributed by atoms with van der Waals surface area (Å²) >= 11 is 3.51. The maximum absolute atomic E-state index is 9.42. The molecule has 2 nitrogen and oxygen atoms in total. The molecule has 0 unspecified atom stereocenters. The van der Waals surface area contributed by atoms with E-state index in [1.165, 1.54) is 38.5 Å². The molecule has 1 aromatic rings. The van der Waals surface area contributed by atoms with Gasteiger partial charge >= 0.3 is 0 Å². The minimum atomic E-state index is 0.656. The van der Waals surface area contributed by atoms with Gasteiger partial charge in [0, 0.05) is 17.1 Å². The van der Waals surface area contributed by atoms with Crippen LogP contribution in [-0.4, -0.2) is 12.6 Å². The van der Waals surface area contributed by atoms with Crippen LogP contribution in [0.5, 0.6) is 0 Å². The second-order valence-corrected chi connectivity index (χ2v) is 6.55. The molecule has 19 heavy (non-hydrogen) atoms. The number of hydrogen-bond acceptors (Lipinski definition) is 2. The average molecular weight is 319 g/mol. The summed E-state index contributed by atoms with van der Waals surface area (Å²) in [5, 5.41) is 9.42. The van der Waals surface area contributed by atoms with Gasteiger partial charge in [0.2, 0.25) is 0 Å². The summed E-state index contributed by atoms with van der Waals surface area (Å²) in [5.74, 6) is 0.841. The predicted molar refractivity (Wildman–Crippen MR) is 81.2 cm³/mol. The average Bonchev–Trinajstić information content (AvgIpc) is 2.46. The molecular formula is C16H19BrN2. The van der Waals surface area contributed by atoms with E-state index in [4.69, 9.17) is 0 Å². The standard InChI is InChI=1S/C16H19BrN2/c17-14-7-3-9-16(13(14)11-18)19-10-4-6-12-5-1-2-8-15(12)19/h3,7,9,12,15H,1-2,4-6,8,10H2/t12-,15-/m1/s1. The van der Waals surface area contributed by atoms with Crippen LogP contribution in [0.25, 0.3) is 0 Å². The summed E-state index contributed by atoms with van der Waals surface area (Å²) in [4.78, 5) is 2.51. The molecule has 0 spiro atoms. The number of piperidine rings is 1. The van der Waals surface area contributed by atoms with Crippen LogP contribution in [0.1, 0.15) is 44.1 Å². The van der Waals surface area contributed by atoms with Crippen molar-refractivity contribution in [2.45, 2.75) is 44.6 Å². The van der Waals surface area contributed by atoms with E-state index in [0.29, 0.717) is 6.04 Å². The van der Waals surface area contributed by atoms with Gasteiger partial charge in [-0.15, -0.1) is 0 Å². The van der Waals surface area contributed by atoms with Crippen LogP contribution in [0.4, 0.5) is 5.69 Å². The first-order chi connectivity index (χ1) is 9.31. The summed E-state index contributed by atoms with van der Waals surface area (Å²) in [6.07, 6.45) is 8.03. The lowest BCUT2D eigenvalue weighted by Gasteiger charge is -2.45. The van der Waals surface area contributed by atoms with Gasteiger partial charge in [0.15, 0.2) is 0 Å². The van der Waals surface area contributed by atoms with Crippen molar-refractivity contribution in [3.8, 4) is 6.07 Å². The van der Waals surface area contributed by atoms with Gasteiger partial charge in [-0.2, -0.15) is 5.26 Å². The number of fused-ring (bicyclic) bond motifs is 1. The molecule has 0 bridgehead atoms. The molecule has 100 valence electrons. The number of hydrogen-bond donors (Lipinski definition) is 0. The Morgan fingerprint density at radius 1 is 1.16 bits per heavy atom. The first-order valence-corrected chi connectivity index (χ1v) is 8.06. The highest BCUT2D eigenvalue weighted by Gasteiger charge is 2.34. The topological polar surface area (TPSA) is 27.0 Å². The van der Waals surface area contributed by atoms with Gasteiger partial charge in [-0.05, 0) is 59.7 Å². The van der Waals surface area contributed by atoms with Gasteiger partial charge in [0.05, 0.1) is 11.3 Å². The number of benzene rings is 1. The Labute approximate surface area is 123 Å². The fourth-order valence-electron chi connectivity index (χ4n) is 3.79. The van der Waals surface area contributed by atoms with Crippen molar-refractivity contribution in [2.75, 3.05) is 11.4 Å². The lowest BCUT2D eigenvalue weighted by atomic mass is 9.78. The van der Waals surface area contributed by atoms with Crippen molar-refractivity contribution in [3.05, 3.63) is 28.2 Å².